The summed E-state index contributed by atoms with van der Waals surface area (Å²) in [5, 5.41) is 0. The van der Waals surface area contributed by atoms with Crippen LogP contribution in [0.1, 0.15) is 0 Å². The van der Waals surface area contributed by atoms with Crippen molar-refractivity contribution >= 4 is 24.8 Å². The van der Waals surface area contributed by atoms with Gasteiger partial charge in [-0.2, -0.15) is 0 Å². The van der Waals surface area contributed by atoms with Gasteiger partial charge in [-0.1, -0.05) is 0 Å². The molecule has 0 bridgehead atoms. The highest BCUT2D eigenvalue weighted by Crippen LogP contribution is 2.42. The lowest BCUT2D eigenvalue weighted by atomic mass is 15.7. The monoisotopic (exact) mass is 207 g/mol. The Morgan fingerprint density at radius 2 is 1.20 bits per heavy atom. The molecule has 56 valence electrons. The average molecular weight is 207 g/mol. The molecule has 0 aliphatic carbocycles. The molecule has 0 spiro atoms. The lowest BCUT2D eigenvalue weighted by Crippen LogP contribution is -1.66. The third kappa shape index (κ3) is 6.26. The van der Waals surface area contributed by atoms with Crippen LogP contribution in [0.2, 0.25) is 0 Å². The van der Waals surface area contributed by atoms with Crippen LogP contribution in [0, 0.1) is 0 Å². The van der Waals surface area contributed by atoms with Gasteiger partial charge in [0.2, 0.25) is 0 Å². The van der Waals surface area contributed by atoms with E-state index in [2.05, 4.69) is 8.62 Å². The lowest BCUT2D eigenvalue weighted by Gasteiger charge is -1.56. The first kappa shape index (κ1) is 10.1. The summed E-state index contributed by atoms with van der Waals surface area (Å²) < 4.78 is 36.6. The van der Waals surface area contributed by atoms with Gasteiger partial charge in [0.1, 0.15) is 0 Å². The molecule has 7 nitrogen and oxygen atoms in total. The van der Waals surface area contributed by atoms with Crippen LogP contribution in [0.25, 0.3) is 0 Å². The highest BCUT2D eigenvalue weighted by molar-refractivity contribution is 7.52. The van der Waals surface area contributed by atoms with Crippen LogP contribution in [-0.2, 0) is 22.3 Å². The smallest absolute Gasteiger partial charge is 0.131 e. The first-order valence-electron chi connectivity index (χ1n) is 1.68. The van der Waals surface area contributed by atoms with Gasteiger partial charge in [-0.05, 0) is 0 Å². The van der Waals surface area contributed by atoms with Crippen molar-refractivity contribution in [2.24, 2.45) is 0 Å². The molecule has 0 radical (unpaired) electrons. The van der Waals surface area contributed by atoms with Crippen molar-refractivity contribution in [3.8, 4) is 0 Å². The van der Waals surface area contributed by atoms with Gasteiger partial charge < -0.3 is 0 Å². The van der Waals surface area contributed by atoms with Gasteiger partial charge >= 0.3 is 24.8 Å². The Morgan fingerprint density at radius 3 is 1.40 bits per heavy atom. The van der Waals surface area contributed by atoms with E-state index in [-0.39, 0.29) is 0 Å². The van der Waals surface area contributed by atoms with Gasteiger partial charge in [-0.15, -0.1) is 9.79 Å². The van der Waals surface area contributed by atoms with Crippen LogP contribution in [0.5, 0.6) is 0 Å². The maximum Gasteiger partial charge on any atom is 0.798 e. The average Bonchev–Trinajstić information content (AvgIpc) is 1.58. The molecule has 10 heavy (non-hydrogen) atoms. The number of hydrogen-bond donors (Lipinski definition) is 2. The van der Waals surface area contributed by atoms with Crippen molar-refractivity contribution in [2.45, 2.75) is 0 Å². The Hall–Kier alpha value is 0.140. The molecule has 0 amide bonds. The van der Waals surface area contributed by atoms with Crippen LogP contribution >= 0.6 is 24.8 Å². The van der Waals surface area contributed by atoms with Gasteiger partial charge in [-0.25, -0.2) is 0 Å². The van der Waals surface area contributed by atoms with Gasteiger partial charge in [0.05, 0.1) is 0 Å². The minimum Gasteiger partial charge on any atom is -0.131 e. The summed E-state index contributed by atoms with van der Waals surface area (Å²) in [5.74, 6) is 0. The largest absolute Gasteiger partial charge is 0.798 e. The van der Waals surface area contributed by atoms with E-state index >= 15 is 0 Å². The van der Waals surface area contributed by atoms with Crippen LogP contribution < -0.4 is 0 Å². The molecule has 0 saturated carbocycles. The minimum atomic E-state index is -3.07. The Morgan fingerprint density at radius 1 is 0.900 bits per heavy atom. The van der Waals surface area contributed by atoms with E-state index < -0.39 is 24.8 Å². The molecule has 0 saturated heterocycles. The quantitative estimate of drug-likeness (QED) is 0.660. The SMILES string of the molecule is O=[P+](O)O[P+](=O)O[P+](=O)O. The summed E-state index contributed by atoms with van der Waals surface area (Å²) in [5.41, 5.74) is 0. The van der Waals surface area contributed by atoms with Crippen LogP contribution in [-0.4, -0.2) is 9.79 Å². The Labute approximate surface area is 57.8 Å². The molecule has 0 aromatic heterocycles. The Bertz CT molecular complexity index is 152. The van der Waals surface area contributed by atoms with E-state index in [0.29, 0.717) is 0 Å². The van der Waals surface area contributed by atoms with Crippen molar-refractivity contribution in [3.63, 3.8) is 0 Å². The molecule has 0 rings (SSSR count). The molecular formula is H2O7P3+3. The van der Waals surface area contributed by atoms with Crippen molar-refractivity contribution < 1.29 is 32.1 Å². The molecule has 0 aromatic carbocycles. The molecule has 0 heterocycles. The van der Waals surface area contributed by atoms with Gasteiger partial charge in [-0.3, -0.25) is 0 Å². The highest BCUT2D eigenvalue weighted by atomic mass is 31.2. The Kier molecular flexibility index (Phi) is 4.95. The van der Waals surface area contributed by atoms with Crippen LogP contribution in [0.15, 0.2) is 0 Å². The second-order valence-electron chi connectivity index (χ2n) is 0.863. The summed E-state index contributed by atoms with van der Waals surface area (Å²) >= 11 is 0. The maximum absolute atomic E-state index is 10.1. The topological polar surface area (TPSA) is 110 Å². The minimum absolute atomic E-state index is 2.98. The molecule has 0 fully saturated rings. The fraction of sp³-hybridized carbons (Fsp3) is 0. The Balaban J connectivity index is 3.65. The number of rotatable bonds is 4. The number of hydrogen-bond acceptors (Lipinski definition) is 5. The molecule has 10 heteroatoms. The molecule has 2 unspecified atom stereocenters. The van der Waals surface area contributed by atoms with E-state index in [4.69, 9.17) is 9.79 Å². The van der Waals surface area contributed by atoms with Crippen LogP contribution in [0.3, 0.4) is 0 Å². The van der Waals surface area contributed by atoms with Gasteiger partial charge in [0.25, 0.3) is 0 Å². The van der Waals surface area contributed by atoms with Crippen LogP contribution in [0.4, 0.5) is 0 Å². The van der Waals surface area contributed by atoms with Crippen molar-refractivity contribution in [2.75, 3.05) is 0 Å². The normalized spacial score (nSPS) is 14.4. The second-order valence-corrected chi connectivity index (χ2v) is 3.57. The zero-order chi connectivity index (χ0) is 8.15. The van der Waals surface area contributed by atoms with E-state index in [1.807, 2.05) is 0 Å². The predicted octanol–water partition coefficient (Wildman–Crippen LogP) is 0.976. The molecular weight excluding hydrogens is 205 g/mol. The zero-order valence-corrected chi connectivity index (χ0v) is 6.96. The van der Waals surface area contributed by atoms with Crippen molar-refractivity contribution in [1.82, 2.24) is 0 Å². The summed E-state index contributed by atoms with van der Waals surface area (Å²) in [6.07, 6.45) is 0. The lowest BCUT2D eigenvalue weighted by molar-refractivity contribution is 0.356. The van der Waals surface area contributed by atoms with Gasteiger partial charge in [0.15, 0.2) is 8.62 Å². The van der Waals surface area contributed by atoms with E-state index in [9.17, 15) is 13.7 Å². The fourth-order valence-electron chi connectivity index (χ4n) is 0.129. The molecule has 2 N–H and O–H groups in total. The van der Waals surface area contributed by atoms with Crippen molar-refractivity contribution in [3.05, 3.63) is 0 Å². The molecule has 0 aliphatic rings. The van der Waals surface area contributed by atoms with E-state index in [1.165, 1.54) is 0 Å². The standard InChI is InChI=1S/O7P3/c1-8(2)6-10(5)7-9(3)4/q+1/p+2. The third-order valence-electron chi connectivity index (χ3n) is 0.273. The third-order valence-corrected chi connectivity index (χ3v) is 2.46. The molecule has 0 aliphatic heterocycles. The molecule has 2 atom stereocenters. The maximum atomic E-state index is 10.1. The fourth-order valence-corrected chi connectivity index (χ4v) is 1.43. The highest BCUT2D eigenvalue weighted by Gasteiger charge is 2.46. The van der Waals surface area contributed by atoms with Gasteiger partial charge in [0, 0.05) is 13.7 Å². The predicted molar refractivity (Wildman–Crippen MR) is 29.4 cm³/mol. The summed E-state index contributed by atoms with van der Waals surface area (Å²) in [4.78, 5) is 15.8. The summed E-state index contributed by atoms with van der Waals surface area (Å²) in [6.45, 7) is 0. The van der Waals surface area contributed by atoms with E-state index in [0.717, 1.165) is 0 Å². The first-order chi connectivity index (χ1) is 4.52. The first-order valence-corrected chi connectivity index (χ1v) is 5.03. The molecule has 0 aromatic rings. The van der Waals surface area contributed by atoms with E-state index in [1.54, 1.807) is 0 Å². The summed E-state index contributed by atoms with van der Waals surface area (Å²) in [6, 6.07) is 0. The van der Waals surface area contributed by atoms with Crippen molar-refractivity contribution in [1.29, 1.82) is 0 Å². The zero-order valence-electron chi connectivity index (χ0n) is 4.28. The second kappa shape index (κ2) is 4.88. The summed E-state index contributed by atoms with van der Waals surface area (Å²) in [7, 11) is -9.11.